The Bertz CT molecular complexity index is 562. The van der Waals surface area contributed by atoms with Crippen molar-refractivity contribution in [2.75, 3.05) is 19.7 Å². The van der Waals surface area contributed by atoms with Gasteiger partial charge in [0.25, 0.3) is 5.91 Å². The number of hydrogen-bond acceptors (Lipinski definition) is 4. The van der Waals surface area contributed by atoms with Crippen molar-refractivity contribution in [2.45, 2.75) is 32.4 Å². The van der Waals surface area contributed by atoms with Crippen LogP contribution in [0.4, 0.5) is 0 Å². The minimum absolute atomic E-state index is 0.0132. The van der Waals surface area contributed by atoms with Crippen LogP contribution >= 0.6 is 0 Å². The molecule has 21 heavy (non-hydrogen) atoms. The fourth-order valence-corrected chi connectivity index (χ4v) is 2.41. The zero-order valence-corrected chi connectivity index (χ0v) is 12.5. The molecule has 1 fully saturated rings. The maximum absolute atomic E-state index is 12.8. The van der Waals surface area contributed by atoms with Gasteiger partial charge in [0.05, 0.1) is 36.4 Å². The first-order valence-corrected chi connectivity index (χ1v) is 7.22. The van der Waals surface area contributed by atoms with Gasteiger partial charge in [0.2, 0.25) is 0 Å². The van der Waals surface area contributed by atoms with E-state index in [1.165, 1.54) is 0 Å². The van der Waals surface area contributed by atoms with Gasteiger partial charge in [-0.05, 0) is 19.4 Å². The SMILES string of the molecule is CCC1COC(C)CN1C(=O)c1ccncc1C#CCN. The quantitative estimate of drug-likeness (QED) is 0.825. The van der Waals surface area contributed by atoms with Crippen molar-refractivity contribution in [3.05, 3.63) is 29.6 Å². The van der Waals surface area contributed by atoms with E-state index in [-0.39, 0.29) is 24.6 Å². The van der Waals surface area contributed by atoms with Crippen LogP contribution in [0.15, 0.2) is 18.5 Å². The molecule has 1 saturated heterocycles. The Kier molecular flexibility index (Phi) is 5.32. The van der Waals surface area contributed by atoms with Gasteiger partial charge < -0.3 is 15.4 Å². The molecule has 0 radical (unpaired) electrons. The zero-order valence-electron chi connectivity index (χ0n) is 12.5. The van der Waals surface area contributed by atoms with Crippen LogP contribution in [0, 0.1) is 11.8 Å². The van der Waals surface area contributed by atoms with Crippen molar-refractivity contribution in [3.8, 4) is 11.8 Å². The van der Waals surface area contributed by atoms with Gasteiger partial charge in [-0.2, -0.15) is 0 Å². The summed E-state index contributed by atoms with van der Waals surface area (Å²) in [5.74, 6) is 5.69. The molecule has 0 saturated carbocycles. The highest BCUT2D eigenvalue weighted by Gasteiger charge is 2.30. The molecule has 0 aromatic carbocycles. The lowest BCUT2D eigenvalue weighted by Crippen LogP contribution is -2.51. The molecule has 1 aliphatic rings. The molecule has 0 aliphatic carbocycles. The summed E-state index contributed by atoms with van der Waals surface area (Å²) >= 11 is 0. The number of ether oxygens (including phenoxy) is 1. The highest BCUT2D eigenvalue weighted by Crippen LogP contribution is 2.19. The standard InChI is InChI=1S/C16H21N3O2/c1-3-14-11-21-12(2)10-19(14)16(20)15-6-8-18-9-13(15)5-4-7-17/h6,8-9,12,14H,3,7,10-11,17H2,1-2H3. The largest absolute Gasteiger partial charge is 0.375 e. The molecule has 2 heterocycles. The molecule has 5 heteroatoms. The molecule has 1 aromatic rings. The third-order valence-corrected chi connectivity index (χ3v) is 3.58. The van der Waals surface area contributed by atoms with Crippen molar-refractivity contribution in [2.24, 2.45) is 5.73 Å². The van der Waals surface area contributed by atoms with Crippen LogP contribution in [-0.4, -0.2) is 47.6 Å². The van der Waals surface area contributed by atoms with Crippen LogP contribution in [0.5, 0.6) is 0 Å². The van der Waals surface area contributed by atoms with E-state index in [9.17, 15) is 4.79 Å². The van der Waals surface area contributed by atoms with Gasteiger partial charge in [0.15, 0.2) is 0 Å². The van der Waals surface area contributed by atoms with Crippen LogP contribution in [-0.2, 0) is 4.74 Å². The second-order valence-corrected chi connectivity index (χ2v) is 5.09. The van der Waals surface area contributed by atoms with Crippen molar-refractivity contribution < 1.29 is 9.53 Å². The molecule has 0 bridgehead atoms. The molecule has 1 aliphatic heterocycles. The van der Waals surface area contributed by atoms with E-state index in [4.69, 9.17) is 10.5 Å². The number of nitrogens with zero attached hydrogens (tertiary/aromatic N) is 2. The second kappa shape index (κ2) is 7.21. The number of aromatic nitrogens is 1. The van der Waals surface area contributed by atoms with Crippen LogP contribution in [0.3, 0.4) is 0 Å². The maximum Gasteiger partial charge on any atom is 0.255 e. The number of pyridine rings is 1. The summed E-state index contributed by atoms with van der Waals surface area (Å²) < 4.78 is 5.64. The third-order valence-electron chi connectivity index (χ3n) is 3.58. The molecule has 2 N–H and O–H groups in total. The third kappa shape index (κ3) is 3.60. The lowest BCUT2D eigenvalue weighted by Gasteiger charge is -2.38. The fourth-order valence-electron chi connectivity index (χ4n) is 2.41. The minimum atomic E-state index is -0.0132. The summed E-state index contributed by atoms with van der Waals surface area (Å²) in [5, 5.41) is 0. The molecule has 112 valence electrons. The molecule has 2 rings (SSSR count). The monoisotopic (exact) mass is 287 g/mol. The number of hydrogen-bond donors (Lipinski definition) is 1. The lowest BCUT2D eigenvalue weighted by atomic mass is 10.1. The summed E-state index contributed by atoms with van der Waals surface area (Å²) in [6, 6.07) is 1.83. The topological polar surface area (TPSA) is 68.5 Å². The van der Waals surface area contributed by atoms with Crippen molar-refractivity contribution in [1.29, 1.82) is 0 Å². The van der Waals surface area contributed by atoms with Gasteiger partial charge in [-0.1, -0.05) is 18.8 Å². The van der Waals surface area contributed by atoms with E-state index in [0.717, 1.165) is 6.42 Å². The Hall–Kier alpha value is -1.90. The average Bonchev–Trinajstić information content (AvgIpc) is 2.52. The molecule has 1 amide bonds. The van der Waals surface area contributed by atoms with E-state index >= 15 is 0 Å². The molecule has 1 aromatic heterocycles. The smallest absolute Gasteiger partial charge is 0.255 e. The second-order valence-electron chi connectivity index (χ2n) is 5.09. The number of carbonyl (C=O) groups is 1. The summed E-state index contributed by atoms with van der Waals surface area (Å²) in [5.41, 5.74) is 6.61. The first kappa shape index (κ1) is 15.5. The Labute approximate surface area is 125 Å². The summed E-state index contributed by atoms with van der Waals surface area (Å²) in [6.45, 7) is 5.48. The van der Waals surface area contributed by atoms with Gasteiger partial charge in [0, 0.05) is 18.9 Å². The van der Waals surface area contributed by atoms with E-state index in [2.05, 4.69) is 23.7 Å². The highest BCUT2D eigenvalue weighted by atomic mass is 16.5. The van der Waals surface area contributed by atoms with Gasteiger partial charge in [0.1, 0.15) is 0 Å². The number of rotatable bonds is 2. The Balaban J connectivity index is 2.30. The molecule has 5 nitrogen and oxygen atoms in total. The van der Waals surface area contributed by atoms with Crippen molar-refractivity contribution in [3.63, 3.8) is 0 Å². The lowest BCUT2D eigenvalue weighted by molar-refractivity contribution is -0.0444. The van der Waals surface area contributed by atoms with Crippen LogP contribution in [0.1, 0.15) is 36.2 Å². The Morgan fingerprint density at radius 2 is 2.43 bits per heavy atom. The molecule has 2 atom stereocenters. The van der Waals surface area contributed by atoms with Crippen LogP contribution in [0.2, 0.25) is 0 Å². The first-order chi connectivity index (χ1) is 10.2. The number of nitrogens with two attached hydrogens (primary N) is 1. The first-order valence-electron chi connectivity index (χ1n) is 7.22. The highest BCUT2D eigenvalue weighted by molar-refractivity contribution is 5.96. The summed E-state index contributed by atoms with van der Waals surface area (Å²) in [4.78, 5) is 18.8. The van der Waals surface area contributed by atoms with E-state index < -0.39 is 0 Å². The summed E-state index contributed by atoms with van der Waals surface area (Å²) in [7, 11) is 0. The van der Waals surface area contributed by atoms with Gasteiger partial charge in [-0.15, -0.1) is 0 Å². The predicted molar refractivity (Wildman–Crippen MR) is 80.7 cm³/mol. The Morgan fingerprint density at radius 3 is 3.14 bits per heavy atom. The Morgan fingerprint density at radius 1 is 1.62 bits per heavy atom. The minimum Gasteiger partial charge on any atom is -0.375 e. The molecule has 0 spiro atoms. The number of amides is 1. The van der Waals surface area contributed by atoms with Gasteiger partial charge in [-0.25, -0.2) is 0 Å². The van der Waals surface area contributed by atoms with Gasteiger partial charge >= 0.3 is 0 Å². The zero-order chi connectivity index (χ0) is 15.2. The fraction of sp³-hybridized carbons (Fsp3) is 0.500. The molecular formula is C16H21N3O2. The van der Waals surface area contributed by atoms with Crippen molar-refractivity contribution in [1.82, 2.24) is 9.88 Å². The van der Waals surface area contributed by atoms with Gasteiger partial charge in [-0.3, -0.25) is 9.78 Å². The number of carbonyl (C=O) groups excluding carboxylic acids is 1. The van der Waals surface area contributed by atoms with Crippen LogP contribution in [0.25, 0.3) is 0 Å². The van der Waals surface area contributed by atoms with Crippen LogP contribution < -0.4 is 5.73 Å². The van der Waals surface area contributed by atoms with Crippen molar-refractivity contribution >= 4 is 5.91 Å². The van der Waals surface area contributed by atoms with E-state index in [1.54, 1.807) is 18.5 Å². The number of morpholine rings is 1. The predicted octanol–water partition coefficient (Wildman–Crippen LogP) is 1.03. The summed E-state index contributed by atoms with van der Waals surface area (Å²) in [6.07, 6.45) is 4.15. The molecule has 2 unspecified atom stereocenters. The van der Waals surface area contributed by atoms with E-state index in [0.29, 0.717) is 24.3 Å². The molecular weight excluding hydrogens is 266 g/mol. The average molecular weight is 287 g/mol. The maximum atomic E-state index is 12.8. The normalized spacial score (nSPS) is 21.6. The van der Waals surface area contributed by atoms with E-state index in [1.807, 2.05) is 11.8 Å².